The van der Waals surface area contributed by atoms with Crippen LogP contribution in [0.4, 0.5) is 0 Å². The van der Waals surface area contributed by atoms with E-state index in [0.717, 1.165) is 56.5 Å². The van der Waals surface area contributed by atoms with Gasteiger partial charge in [0.15, 0.2) is 5.82 Å². The van der Waals surface area contributed by atoms with Gasteiger partial charge in [-0.05, 0) is 37.5 Å². The lowest BCUT2D eigenvalue weighted by molar-refractivity contribution is 0.0670. The molecule has 1 aliphatic rings. The van der Waals surface area contributed by atoms with E-state index in [0.29, 0.717) is 6.10 Å². The lowest BCUT2D eigenvalue weighted by Crippen LogP contribution is -2.31. The summed E-state index contributed by atoms with van der Waals surface area (Å²) in [7, 11) is 1.68. The average molecular weight is 316 g/mol. The Balaban J connectivity index is 1.67. The number of methoxy groups -OCH3 is 1. The summed E-state index contributed by atoms with van der Waals surface area (Å²) in [5, 5.41) is 7.17. The van der Waals surface area contributed by atoms with Crippen LogP contribution in [0.3, 0.4) is 0 Å². The van der Waals surface area contributed by atoms with Crippen LogP contribution in [0.1, 0.15) is 30.1 Å². The van der Waals surface area contributed by atoms with Crippen LogP contribution in [-0.4, -0.2) is 46.4 Å². The molecule has 1 aromatic heterocycles. The molecule has 6 heteroatoms. The normalized spacial score (nSPS) is 17.8. The molecule has 1 saturated heterocycles. The van der Waals surface area contributed by atoms with Crippen molar-refractivity contribution in [1.29, 1.82) is 0 Å². The topological polar surface area (TPSA) is 63.3 Å². The Morgan fingerprint density at radius 1 is 1.30 bits per heavy atom. The van der Waals surface area contributed by atoms with E-state index in [-0.39, 0.29) is 0 Å². The highest BCUT2D eigenvalue weighted by molar-refractivity contribution is 5.27. The Morgan fingerprint density at radius 3 is 2.74 bits per heavy atom. The molecule has 6 nitrogen and oxygen atoms in total. The molecule has 2 heterocycles. The molecule has 2 aromatic rings. The first-order chi connectivity index (χ1) is 11.2. The zero-order chi connectivity index (χ0) is 16.1. The van der Waals surface area contributed by atoms with Crippen LogP contribution >= 0.6 is 0 Å². The molecular weight excluding hydrogens is 292 g/mol. The fraction of sp³-hybridized carbons (Fsp3) is 0.529. The Hall–Kier alpha value is -1.92. The van der Waals surface area contributed by atoms with Gasteiger partial charge in [-0.3, -0.25) is 10.00 Å². The van der Waals surface area contributed by atoms with Gasteiger partial charge in [0, 0.05) is 19.7 Å². The molecule has 0 bridgehead atoms. The van der Waals surface area contributed by atoms with E-state index in [1.165, 1.54) is 5.56 Å². The summed E-state index contributed by atoms with van der Waals surface area (Å²) in [5.74, 6) is 2.56. The largest absolute Gasteiger partial charge is 0.497 e. The SMILES string of the molecule is COc1ccc(CN(Cc2n[nH]c(C)n2)CC2CCCO2)cc1. The molecule has 124 valence electrons. The third-order valence-electron chi connectivity index (χ3n) is 4.06. The van der Waals surface area contributed by atoms with E-state index in [9.17, 15) is 0 Å². The van der Waals surface area contributed by atoms with E-state index in [1.807, 2.05) is 19.1 Å². The Kier molecular flexibility index (Phi) is 5.25. The summed E-state index contributed by atoms with van der Waals surface area (Å²) in [5.41, 5.74) is 1.25. The number of H-pyrrole nitrogens is 1. The standard InChI is InChI=1S/C17H24N4O2/c1-13-18-17(20-19-13)12-21(11-16-4-3-9-23-16)10-14-5-7-15(22-2)8-6-14/h5-8,16H,3-4,9-12H2,1-2H3,(H,18,19,20). The van der Waals surface area contributed by atoms with Gasteiger partial charge in [0.1, 0.15) is 11.6 Å². The van der Waals surface area contributed by atoms with Gasteiger partial charge in [-0.25, -0.2) is 4.98 Å². The van der Waals surface area contributed by atoms with Crippen LogP contribution in [0.25, 0.3) is 0 Å². The molecule has 1 aromatic carbocycles. The second kappa shape index (κ2) is 7.57. The predicted molar refractivity (Wildman–Crippen MR) is 87.2 cm³/mol. The molecule has 1 atom stereocenters. The van der Waals surface area contributed by atoms with Gasteiger partial charge in [0.25, 0.3) is 0 Å². The van der Waals surface area contributed by atoms with Gasteiger partial charge >= 0.3 is 0 Å². The highest BCUT2D eigenvalue weighted by Crippen LogP contribution is 2.18. The van der Waals surface area contributed by atoms with Crippen LogP contribution in [0, 0.1) is 6.92 Å². The van der Waals surface area contributed by atoms with Crippen molar-refractivity contribution in [1.82, 2.24) is 20.1 Å². The van der Waals surface area contributed by atoms with Crippen molar-refractivity contribution in [2.75, 3.05) is 20.3 Å². The lowest BCUT2D eigenvalue weighted by Gasteiger charge is -2.24. The van der Waals surface area contributed by atoms with Gasteiger partial charge in [-0.1, -0.05) is 12.1 Å². The molecule has 0 radical (unpaired) electrons. The van der Waals surface area contributed by atoms with Crippen molar-refractivity contribution in [2.45, 2.75) is 39.0 Å². The summed E-state index contributed by atoms with van der Waals surface area (Å²) in [6.07, 6.45) is 2.60. The zero-order valence-electron chi connectivity index (χ0n) is 13.8. The number of aryl methyl sites for hydroxylation is 1. The zero-order valence-corrected chi connectivity index (χ0v) is 13.8. The minimum Gasteiger partial charge on any atom is -0.497 e. The number of hydrogen-bond acceptors (Lipinski definition) is 5. The molecule has 0 amide bonds. The lowest BCUT2D eigenvalue weighted by atomic mass is 10.1. The summed E-state index contributed by atoms with van der Waals surface area (Å²) in [6.45, 7) is 5.26. The smallest absolute Gasteiger partial charge is 0.164 e. The minimum atomic E-state index is 0.313. The number of benzene rings is 1. The number of rotatable bonds is 7. The van der Waals surface area contributed by atoms with E-state index < -0.39 is 0 Å². The number of nitrogens with one attached hydrogen (secondary N) is 1. The highest BCUT2D eigenvalue weighted by atomic mass is 16.5. The molecule has 0 saturated carbocycles. The van der Waals surface area contributed by atoms with Crippen LogP contribution in [0.2, 0.25) is 0 Å². The number of hydrogen-bond donors (Lipinski definition) is 1. The van der Waals surface area contributed by atoms with Crippen LogP contribution in [-0.2, 0) is 17.8 Å². The Bertz CT molecular complexity index is 605. The predicted octanol–water partition coefficient (Wildman–Crippen LogP) is 2.30. The molecule has 0 aliphatic carbocycles. The first-order valence-electron chi connectivity index (χ1n) is 8.07. The van der Waals surface area contributed by atoms with Gasteiger partial charge in [-0.2, -0.15) is 5.10 Å². The highest BCUT2D eigenvalue weighted by Gasteiger charge is 2.20. The van der Waals surface area contributed by atoms with E-state index >= 15 is 0 Å². The van der Waals surface area contributed by atoms with Gasteiger partial charge in [0.2, 0.25) is 0 Å². The molecule has 1 unspecified atom stereocenters. The maximum Gasteiger partial charge on any atom is 0.164 e. The monoisotopic (exact) mass is 316 g/mol. The molecule has 1 N–H and O–H groups in total. The average Bonchev–Trinajstić information content (AvgIpc) is 3.20. The van der Waals surface area contributed by atoms with E-state index in [1.54, 1.807) is 7.11 Å². The number of nitrogens with zero attached hydrogens (tertiary/aromatic N) is 3. The molecule has 1 fully saturated rings. The number of ether oxygens (including phenoxy) is 2. The molecular formula is C17H24N4O2. The summed E-state index contributed by atoms with van der Waals surface area (Å²) in [4.78, 5) is 6.77. The third kappa shape index (κ3) is 4.53. The maximum atomic E-state index is 5.79. The maximum absolute atomic E-state index is 5.79. The third-order valence-corrected chi connectivity index (χ3v) is 4.06. The summed E-state index contributed by atoms with van der Waals surface area (Å²) in [6, 6.07) is 8.20. The van der Waals surface area contributed by atoms with Crippen molar-refractivity contribution < 1.29 is 9.47 Å². The molecule has 3 rings (SSSR count). The fourth-order valence-electron chi connectivity index (χ4n) is 2.91. The molecule has 1 aliphatic heterocycles. The molecule has 23 heavy (non-hydrogen) atoms. The minimum absolute atomic E-state index is 0.313. The van der Waals surface area contributed by atoms with Crippen molar-refractivity contribution in [3.8, 4) is 5.75 Å². The van der Waals surface area contributed by atoms with Gasteiger partial charge in [0.05, 0.1) is 19.8 Å². The van der Waals surface area contributed by atoms with Gasteiger partial charge in [-0.15, -0.1) is 0 Å². The van der Waals surface area contributed by atoms with Crippen LogP contribution in [0.15, 0.2) is 24.3 Å². The number of aromatic nitrogens is 3. The summed E-state index contributed by atoms with van der Waals surface area (Å²) < 4.78 is 11.0. The second-order valence-electron chi connectivity index (χ2n) is 5.99. The van der Waals surface area contributed by atoms with Crippen LogP contribution in [0.5, 0.6) is 5.75 Å². The first-order valence-corrected chi connectivity index (χ1v) is 8.07. The Labute approximate surface area is 136 Å². The number of aromatic amines is 1. The van der Waals surface area contributed by atoms with Crippen molar-refractivity contribution >= 4 is 0 Å². The van der Waals surface area contributed by atoms with E-state index in [2.05, 4.69) is 32.2 Å². The first kappa shape index (κ1) is 16.0. The van der Waals surface area contributed by atoms with Crippen molar-refractivity contribution in [2.24, 2.45) is 0 Å². The fourth-order valence-corrected chi connectivity index (χ4v) is 2.91. The van der Waals surface area contributed by atoms with Crippen LogP contribution < -0.4 is 4.74 Å². The Morgan fingerprint density at radius 2 is 2.13 bits per heavy atom. The van der Waals surface area contributed by atoms with Crippen molar-refractivity contribution in [3.63, 3.8) is 0 Å². The summed E-state index contributed by atoms with van der Waals surface area (Å²) >= 11 is 0. The second-order valence-corrected chi connectivity index (χ2v) is 5.99. The quantitative estimate of drug-likeness (QED) is 0.849. The van der Waals surface area contributed by atoms with E-state index in [4.69, 9.17) is 9.47 Å². The van der Waals surface area contributed by atoms with Gasteiger partial charge < -0.3 is 9.47 Å². The molecule has 0 spiro atoms. The van der Waals surface area contributed by atoms with Crippen molar-refractivity contribution in [3.05, 3.63) is 41.5 Å².